The molecule has 1 aliphatic carbocycles. The number of nitrogens with two attached hydrogens (primary N) is 1. The van der Waals surface area contributed by atoms with Gasteiger partial charge in [-0.1, -0.05) is 77.0 Å². The SMILES string of the molecule is NNC(=O)c1nc(C2CCCCCCCCCCCCCC2)cs1. The molecule has 1 aromatic heterocycles. The van der Waals surface area contributed by atoms with Gasteiger partial charge in [0.25, 0.3) is 5.91 Å². The van der Waals surface area contributed by atoms with Crippen LogP contribution in [0.1, 0.15) is 111 Å². The van der Waals surface area contributed by atoms with E-state index in [9.17, 15) is 4.79 Å². The first kappa shape index (κ1) is 19.4. The van der Waals surface area contributed by atoms with E-state index in [1.165, 1.54) is 101 Å². The molecule has 24 heavy (non-hydrogen) atoms. The minimum atomic E-state index is -0.275. The fraction of sp³-hybridized carbons (Fsp3) is 0.789. The van der Waals surface area contributed by atoms with Gasteiger partial charge in [0, 0.05) is 11.3 Å². The van der Waals surface area contributed by atoms with Gasteiger partial charge in [0.2, 0.25) is 0 Å². The molecule has 1 fully saturated rings. The van der Waals surface area contributed by atoms with Crippen LogP contribution < -0.4 is 11.3 Å². The van der Waals surface area contributed by atoms with Crippen molar-refractivity contribution in [3.8, 4) is 0 Å². The molecule has 0 aliphatic heterocycles. The number of nitrogens with one attached hydrogen (secondary N) is 1. The molecule has 1 aromatic rings. The number of carbonyl (C=O) groups is 1. The highest BCUT2D eigenvalue weighted by Crippen LogP contribution is 2.30. The topological polar surface area (TPSA) is 68.0 Å². The van der Waals surface area contributed by atoms with Crippen molar-refractivity contribution in [2.45, 2.75) is 95.8 Å². The summed E-state index contributed by atoms with van der Waals surface area (Å²) < 4.78 is 0. The number of thiazole rings is 1. The number of amides is 1. The number of nitrogens with zero attached hydrogens (tertiary/aromatic N) is 1. The van der Waals surface area contributed by atoms with Gasteiger partial charge in [-0.15, -0.1) is 11.3 Å². The van der Waals surface area contributed by atoms with Crippen LogP contribution in [0.15, 0.2) is 5.38 Å². The summed E-state index contributed by atoms with van der Waals surface area (Å²) in [5.74, 6) is 5.45. The normalized spacial score (nSPS) is 20.0. The Labute approximate surface area is 150 Å². The van der Waals surface area contributed by atoms with E-state index in [1.54, 1.807) is 0 Å². The average Bonchev–Trinajstić information content (AvgIpc) is 3.08. The van der Waals surface area contributed by atoms with Crippen molar-refractivity contribution in [2.24, 2.45) is 5.84 Å². The van der Waals surface area contributed by atoms with E-state index >= 15 is 0 Å². The summed E-state index contributed by atoms with van der Waals surface area (Å²) in [6.07, 6.45) is 18.8. The Morgan fingerprint density at radius 2 is 1.38 bits per heavy atom. The first-order valence-corrected chi connectivity index (χ1v) is 10.7. The van der Waals surface area contributed by atoms with Crippen molar-refractivity contribution >= 4 is 17.2 Å². The minimum Gasteiger partial charge on any atom is -0.288 e. The highest BCUT2D eigenvalue weighted by molar-refractivity contribution is 7.11. The minimum absolute atomic E-state index is 0.275. The van der Waals surface area contributed by atoms with Gasteiger partial charge in [-0.05, 0) is 12.8 Å². The second-order valence-electron chi connectivity index (χ2n) is 7.07. The summed E-state index contributed by atoms with van der Waals surface area (Å²) in [5.41, 5.74) is 3.28. The summed E-state index contributed by atoms with van der Waals surface area (Å²) in [4.78, 5) is 16.2. The van der Waals surface area contributed by atoms with E-state index in [0.29, 0.717) is 10.9 Å². The number of hydrogen-bond acceptors (Lipinski definition) is 4. The predicted molar refractivity (Wildman–Crippen MR) is 101 cm³/mol. The van der Waals surface area contributed by atoms with Crippen LogP contribution in [0.25, 0.3) is 0 Å². The van der Waals surface area contributed by atoms with Gasteiger partial charge >= 0.3 is 0 Å². The van der Waals surface area contributed by atoms with Crippen molar-refractivity contribution in [1.82, 2.24) is 10.4 Å². The fourth-order valence-electron chi connectivity index (χ4n) is 3.63. The van der Waals surface area contributed by atoms with E-state index in [-0.39, 0.29) is 5.91 Å². The second kappa shape index (κ2) is 11.6. The Hall–Kier alpha value is -0.940. The number of carbonyl (C=O) groups excluding carboxylic acids is 1. The Balaban J connectivity index is 1.91. The molecule has 0 radical (unpaired) electrons. The number of aromatic nitrogens is 1. The molecule has 136 valence electrons. The first-order chi connectivity index (χ1) is 11.8. The summed E-state index contributed by atoms with van der Waals surface area (Å²) in [6, 6.07) is 0. The van der Waals surface area contributed by atoms with Crippen molar-refractivity contribution < 1.29 is 4.79 Å². The standard InChI is InChI=1S/C19H33N3OS/c20-22-18(23)19-21-17(15-24-19)16-13-11-9-7-5-3-1-2-4-6-8-10-12-14-16/h15-16H,1-14,20H2,(H,22,23). The average molecular weight is 352 g/mol. The maximum Gasteiger partial charge on any atom is 0.294 e. The molecule has 1 heterocycles. The number of hydrogen-bond donors (Lipinski definition) is 2. The molecule has 2 rings (SSSR count). The van der Waals surface area contributed by atoms with Crippen molar-refractivity contribution in [3.63, 3.8) is 0 Å². The number of hydrazine groups is 1. The Morgan fingerprint density at radius 1 is 0.917 bits per heavy atom. The molecule has 3 N–H and O–H groups in total. The van der Waals surface area contributed by atoms with Gasteiger partial charge < -0.3 is 0 Å². The lowest BCUT2D eigenvalue weighted by atomic mass is 9.92. The highest BCUT2D eigenvalue weighted by Gasteiger charge is 2.17. The van der Waals surface area contributed by atoms with Gasteiger partial charge in [-0.2, -0.15) is 0 Å². The zero-order valence-corrected chi connectivity index (χ0v) is 15.7. The third kappa shape index (κ3) is 6.89. The van der Waals surface area contributed by atoms with Crippen LogP contribution in [0.4, 0.5) is 0 Å². The monoisotopic (exact) mass is 351 g/mol. The molecule has 0 spiro atoms. The summed E-state index contributed by atoms with van der Waals surface area (Å²) in [5, 5.41) is 2.55. The summed E-state index contributed by atoms with van der Waals surface area (Å²) in [6.45, 7) is 0. The maximum absolute atomic E-state index is 11.6. The van der Waals surface area contributed by atoms with E-state index in [0.717, 1.165) is 5.69 Å². The van der Waals surface area contributed by atoms with E-state index < -0.39 is 0 Å². The summed E-state index contributed by atoms with van der Waals surface area (Å²) in [7, 11) is 0. The zero-order valence-electron chi connectivity index (χ0n) is 14.9. The molecular weight excluding hydrogens is 318 g/mol. The molecule has 0 bridgehead atoms. The van der Waals surface area contributed by atoms with Crippen LogP contribution in [0, 0.1) is 0 Å². The molecule has 0 saturated heterocycles. The van der Waals surface area contributed by atoms with Crippen LogP contribution in [0.2, 0.25) is 0 Å². The largest absolute Gasteiger partial charge is 0.294 e. The van der Waals surface area contributed by atoms with E-state index in [2.05, 4.69) is 15.8 Å². The third-order valence-corrected chi connectivity index (χ3v) is 5.98. The number of rotatable bonds is 2. The number of nitrogen functional groups attached to an aromatic ring is 1. The second-order valence-corrected chi connectivity index (χ2v) is 7.93. The lowest BCUT2D eigenvalue weighted by Crippen LogP contribution is -2.29. The van der Waals surface area contributed by atoms with Gasteiger partial charge in [0.05, 0.1) is 5.69 Å². The molecule has 0 aromatic carbocycles. The van der Waals surface area contributed by atoms with Crippen molar-refractivity contribution in [3.05, 3.63) is 16.1 Å². The van der Waals surface area contributed by atoms with Crippen LogP contribution in [0.3, 0.4) is 0 Å². The highest BCUT2D eigenvalue weighted by atomic mass is 32.1. The van der Waals surface area contributed by atoms with Gasteiger partial charge in [0.15, 0.2) is 5.01 Å². The molecular formula is C19H33N3OS. The van der Waals surface area contributed by atoms with E-state index in [4.69, 9.17) is 5.84 Å². The zero-order chi connectivity index (χ0) is 17.0. The van der Waals surface area contributed by atoms with Gasteiger partial charge in [0.1, 0.15) is 0 Å². The molecule has 1 amide bonds. The van der Waals surface area contributed by atoms with Crippen molar-refractivity contribution in [1.29, 1.82) is 0 Å². The summed E-state index contributed by atoms with van der Waals surface area (Å²) >= 11 is 1.41. The quantitative estimate of drug-likeness (QED) is 0.431. The smallest absolute Gasteiger partial charge is 0.288 e. The van der Waals surface area contributed by atoms with Crippen LogP contribution in [-0.4, -0.2) is 10.9 Å². The Morgan fingerprint density at radius 3 is 1.83 bits per heavy atom. The molecule has 4 nitrogen and oxygen atoms in total. The fourth-order valence-corrected chi connectivity index (χ4v) is 4.43. The molecule has 5 heteroatoms. The lowest BCUT2D eigenvalue weighted by Gasteiger charge is -2.14. The molecule has 0 atom stereocenters. The van der Waals surface area contributed by atoms with Crippen LogP contribution in [0.5, 0.6) is 0 Å². The van der Waals surface area contributed by atoms with Gasteiger partial charge in [-0.25, -0.2) is 10.8 Å². The van der Waals surface area contributed by atoms with Crippen molar-refractivity contribution in [2.75, 3.05) is 0 Å². The Bertz CT molecular complexity index is 459. The van der Waals surface area contributed by atoms with Gasteiger partial charge in [-0.3, -0.25) is 10.2 Å². The predicted octanol–water partition coefficient (Wildman–Crippen LogP) is 5.31. The first-order valence-electron chi connectivity index (χ1n) is 9.77. The van der Waals surface area contributed by atoms with Crippen LogP contribution >= 0.6 is 11.3 Å². The molecule has 0 unspecified atom stereocenters. The molecule has 1 saturated carbocycles. The maximum atomic E-state index is 11.6. The third-order valence-electron chi connectivity index (χ3n) is 5.12. The lowest BCUT2D eigenvalue weighted by molar-refractivity contribution is 0.0953. The Kier molecular flexibility index (Phi) is 9.36. The van der Waals surface area contributed by atoms with E-state index in [1.807, 2.05) is 0 Å². The van der Waals surface area contributed by atoms with Crippen LogP contribution in [-0.2, 0) is 0 Å². The molecule has 1 aliphatic rings.